The Bertz CT molecular complexity index is 525. The number of anilines is 2. The zero-order chi connectivity index (χ0) is 12.3. The number of hydrogen-bond donors (Lipinski definition) is 2. The molecule has 0 spiro atoms. The van der Waals surface area contributed by atoms with Crippen LogP contribution in [-0.2, 0) is 0 Å². The molecule has 0 bridgehead atoms. The first-order valence-corrected chi connectivity index (χ1v) is 5.81. The first-order chi connectivity index (χ1) is 8.19. The first-order valence-electron chi connectivity index (χ1n) is 4.93. The minimum Gasteiger partial charge on any atom is -0.373 e. The molecule has 2 heterocycles. The van der Waals surface area contributed by atoms with Gasteiger partial charge in [-0.1, -0.05) is 11.3 Å². The van der Waals surface area contributed by atoms with E-state index in [1.54, 1.807) is 24.7 Å². The number of aromatic nitrogens is 3. The Balaban J connectivity index is 2.21. The molecule has 0 saturated carbocycles. The highest BCUT2D eigenvalue weighted by atomic mass is 32.1. The van der Waals surface area contributed by atoms with E-state index in [0.717, 1.165) is 5.69 Å². The Labute approximate surface area is 102 Å². The molecule has 17 heavy (non-hydrogen) atoms. The quantitative estimate of drug-likeness (QED) is 0.862. The second kappa shape index (κ2) is 4.88. The second-order valence-corrected chi connectivity index (χ2v) is 4.16. The highest BCUT2D eigenvalue weighted by Crippen LogP contribution is 2.13. The molecule has 2 aromatic heterocycles. The van der Waals surface area contributed by atoms with E-state index in [1.807, 2.05) is 6.92 Å². The topological polar surface area (TPSA) is 79.8 Å². The van der Waals surface area contributed by atoms with Gasteiger partial charge in [-0.3, -0.25) is 10.1 Å². The van der Waals surface area contributed by atoms with Crippen molar-refractivity contribution >= 4 is 28.2 Å². The van der Waals surface area contributed by atoms with Crippen molar-refractivity contribution < 1.29 is 4.79 Å². The van der Waals surface area contributed by atoms with E-state index in [-0.39, 0.29) is 5.91 Å². The maximum absolute atomic E-state index is 11.9. The molecule has 0 fully saturated rings. The summed E-state index contributed by atoms with van der Waals surface area (Å²) in [6.07, 6.45) is 0. The van der Waals surface area contributed by atoms with Crippen LogP contribution >= 0.6 is 11.3 Å². The highest BCUT2D eigenvalue weighted by molar-refractivity contribution is 7.13. The van der Waals surface area contributed by atoms with E-state index < -0.39 is 0 Å². The summed E-state index contributed by atoms with van der Waals surface area (Å²) in [5.74, 6) is 0.441. The summed E-state index contributed by atoms with van der Waals surface area (Å²) in [4.78, 5) is 16.1. The van der Waals surface area contributed by atoms with E-state index in [4.69, 9.17) is 0 Å². The molecule has 0 saturated heterocycles. The van der Waals surface area contributed by atoms with Gasteiger partial charge in [0.05, 0.1) is 0 Å². The van der Waals surface area contributed by atoms with Crippen LogP contribution in [0.25, 0.3) is 0 Å². The second-order valence-electron chi connectivity index (χ2n) is 3.33. The van der Waals surface area contributed by atoms with Gasteiger partial charge in [0.15, 0.2) is 0 Å². The molecule has 1 amide bonds. The van der Waals surface area contributed by atoms with Crippen molar-refractivity contribution in [1.29, 1.82) is 0 Å². The van der Waals surface area contributed by atoms with E-state index in [1.165, 1.54) is 11.3 Å². The van der Waals surface area contributed by atoms with Crippen LogP contribution < -0.4 is 10.6 Å². The van der Waals surface area contributed by atoms with E-state index >= 15 is 0 Å². The van der Waals surface area contributed by atoms with E-state index in [2.05, 4.69) is 25.8 Å². The van der Waals surface area contributed by atoms with Gasteiger partial charge in [-0.2, -0.15) is 0 Å². The van der Waals surface area contributed by atoms with Crippen LogP contribution in [0.15, 0.2) is 17.6 Å². The van der Waals surface area contributed by atoms with Crippen molar-refractivity contribution in [2.24, 2.45) is 0 Å². The van der Waals surface area contributed by atoms with Crippen LogP contribution in [-0.4, -0.2) is 28.1 Å². The number of carbonyl (C=O) groups excluding carboxylic acids is 1. The lowest BCUT2D eigenvalue weighted by Gasteiger charge is -2.05. The van der Waals surface area contributed by atoms with Crippen molar-refractivity contribution in [3.8, 4) is 0 Å². The van der Waals surface area contributed by atoms with Crippen LogP contribution in [0, 0.1) is 6.92 Å². The van der Waals surface area contributed by atoms with Gasteiger partial charge in [0.1, 0.15) is 11.3 Å². The fourth-order valence-electron chi connectivity index (χ4n) is 1.32. The van der Waals surface area contributed by atoms with Gasteiger partial charge in [-0.15, -0.1) is 10.2 Å². The van der Waals surface area contributed by atoms with E-state index in [9.17, 15) is 4.79 Å². The average molecular weight is 249 g/mol. The Hall–Kier alpha value is -2.02. The molecule has 0 aromatic carbocycles. The third-order valence-electron chi connectivity index (χ3n) is 2.05. The average Bonchev–Trinajstić information content (AvgIpc) is 2.81. The minimum atomic E-state index is -0.219. The number of rotatable bonds is 3. The molecule has 88 valence electrons. The third kappa shape index (κ3) is 2.76. The number of hydrogen-bond acceptors (Lipinski definition) is 6. The number of nitrogens with zero attached hydrogens (tertiary/aromatic N) is 3. The summed E-state index contributed by atoms with van der Waals surface area (Å²) in [7, 11) is 1.76. The summed E-state index contributed by atoms with van der Waals surface area (Å²) in [6.45, 7) is 1.84. The predicted molar refractivity (Wildman–Crippen MR) is 66.4 cm³/mol. The number of carbonyl (C=O) groups is 1. The molecule has 6 nitrogen and oxygen atoms in total. The molecule has 2 aromatic rings. The van der Waals surface area contributed by atoms with Crippen molar-refractivity contribution in [3.63, 3.8) is 0 Å². The Morgan fingerprint density at radius 3 is 2.88 bits per heavy atom. The molecule has 2 N–H and O–H groups in total. The maximum Gasteiger partial charge on any atom is 0.257 e. The molecule has 0 aliphatic heterocycles. The fraction of sp³-hybridized carbons (Fsp3) is 0.200. The molecular formula is C10H11N5OS. The Kier molecular flexibility index (Phi) is 3.29. The summed E-state index contributed by atoms with van der Waals surface area (Å²) >= 11 is 1.27. The Morgan fingerprint density at radius 2 is 2.24 bits per heavy atom. The largest absolute Gasteiger partial charge is 0.373 e. The lowest BCUT2D eigenvalue weighted by atomic mass is 10.2. The van der Waals surface area contributed by atoms with Crippen LogP contribution in [0.1, 0.15) is 16.1 Å². The van der Waals surface area contributed by atoms with Crippen molar-refractivity contribution in [2.45, 2.75) is 6.92 Å². The standard InChI is InChI=1S/C10H11N5OS/c1-6-3-7(4-8(11-2)13-6)9(16)14-10-15-12-5-17-10/h3-5H,1-2H3,(H,11,13)(H,14,15,16). The molecular weight excluding hydrogens is 238 g/mol. The third-order valence-corrected chi connectivity index (χ3v) is 2.66. The summed E-state index contributed by atoms with van der Waals surface area (Å²) in [6, 6.07) is 3.40. The molecule has 0 unspecified atom stereocenters. The Morgan fingerprint density at radius 1 is 1.41 bits per heavy atom. The summed E-state index contributed by atoms with van der Waals surface area (Å²) in [5, 5.41) is 13.5. The highest BCUT2D eigenvalue weighted by Gasteiger charge is 2.09. The smallest absolute Gasteiger partial charge is 0.257 e. The summed E-state index contributed by atoms with van der Waals surface area (Å²) < 4.78 is 0. The van der Waals surface area contributed by atoms with Gasteiger partial charge in [0.25, 0.3) is 5.91 Å². The van der Waals surface area contributed by atoms with Gasteiger partial charge < -0.3 is 5.32 Å². The van der Waals surface area contributed by atoms with Crippen molar-refractivity contribution in [3.05, 3.63) is 28.9 Å². The fourth-order valence-corrected chi connectivity index (χ4v) is 1.76. The van der Waals surface area contributed by atoms with Crippen molar-refractivity contribution in [2.75, 3.05) is 17.7 Å². The van der Waals surface area contributed by atoms with Gasteiger partial charge in [-0.25, -0.2) is 4.98 Å². The number of aryl methyl sites for hydroxylation is 1. The summed E-state index contributed by atoms with van der Waals surface area (Å²) in [5.41, 5.74) is 2.88. The van der Waals surface area contributed by atoms with E-state index in [0.29, 0.717) is 16.5 Å². The van der Waals surface area contributed by atoms with Crippen LogP contribution in [0.3, 0.4) is 0 Å². The molecule has 0 atom stereocenters. The van der Waals surface area contributed by atoms with Gasteiger partial charge in [-0.05, 0) is 19.1 Å². The van der Waals surface area contributed by atoms with Crippen LogP contribution in [0.5, 0.6) is 0 Å². The SMILES string of the molecule is CNc1cc(C(=O)Nc2nncs2)cc(C)n1. The number of amides is 1. The van der Waals surface area contributed by atoms with Crippen LogP contribution in [0.2, 0.25) is 0 Å². The monoisotopic (exact) mass is 249 g/mol. The first kappa shape index (κ1) is 11.5. The molecule has 0 radical (unpaired) electrons. The normalized spacial score (nSPS) is 10.0. The van der Waals surface area contributed by atoms with Gasteiger partial charge in [0, 0.05) is 18.3 Å². The lowest BCUT2D eigenvalue weighted by molar-refractivity contribution is 0.102. The van der Waals surface area contributed by atoms with Crippen molar-refractivity contribution in [1.82, 2.24) is 15.2 Å². The van der Waals surface area contributed by atoms with Gasteiger partial charge in [0.2, 0.25) is 5.13 Å². The molecule has 0 aliphatic rings. The number of pyridine rings is 1. The molecule has 7 heteroatoms. The zero-order valence-corrected chi connectivity index (χ0v) is 10.2. The maximum atomic E-state index is 11.9. The molecule has 2 rings (SSSR count). The lowest BCUT2D eigenvalue weighted by Crippen LogP contribution is -2.13. The predicted octanol–water partition coefficient (Wildman–Crippen LogP) is 1.54. The molecule has 0 aliphatic carbocycles. The number of nitrogens with one attached hydrogen (secondary N) is 2. The minimum absolute atomic E-state index is 0.219. The van der Waals surface area contributed by atoms with Crippen LogP contribution in [0.4, 0.5) is 10.9 Å². The van der Waals surface area contributed by atoms with Gasteiger partial charge >= 0.3 is 0 Å². The zero-order valence-electron chi connectivity index (χ0n) is 9.39.